The molecular weight excluding hydrogens is 393 g/mol. The van der Waals surface area contributed by atoms with Gasteiger partial charge in [-0.2, -0.15) is 0 Å². The van der Waals surface area contributed by atoms with Crippen LogP contribution in [0.1, 0.15) is 63.4 Å². The highest BCUT2D eigenvalue weighted by molar-refractivity contribution is 6.34. The first-order valence-corrected chi connectivity index (χ1v) is 11.5. The molecule has 1 spiro atoms. The monoisotopic (exact) mass is 423 g/mol. The van der Waals surface area contributed by atoms with Crippen molar-refractivity contribution in [2.75, 3.05) is 26.3 Å². The lowest BCUT2D eigenvalue weighted by Gasteiger charge is -2.47. The van der Waals surface area contributed by atoms with Crippen LogP contribution in [-0.4, -0.2) is 53.6 Å². The third kappa shape index (κ3) is 3.81. The van der Waals surface area contributed by atoms with Crippen molar-refractivity contribution < 1.29 is 4.79 Å². The number of likely N-dealkylation sites (tertiary alicyclic amines) is 1. The Bertz CT molecular complexity index is 697. The molecule has 4 rings (SSSR count). The van der Waals surface area contributed by atoms with E-state index >= 15 is 0 Å². The summed E-state index contributed by atoms with van der Waals surface area (Å²) in [5, 5.41) is 4.54. The topological polar surface area (TPSA) is 35.6 Å². The maximum Gasteiger partial charge on any atom is 0.241 e. The van der Waals surface area contributed by atoms with E-state index in [1.807, 2.05) is 6.07 Å². The van der Waals surface area contributed by atoms with Gasteiger partial charge >= 0.3 is 0 Å². The van der Waals surface area contributed by atoms with Crippen molar-refractivity contribution in [1.82, 2.24) is 15.1 Å². The first-order chi connectivity index (χ1) is 13.5. The second-order valence-electron chi connectivity index (χ2n) is 8.66. The maximum atomic E-state index is 12.7. The number of hydrogen-bond acceptors (Lipinski definition) is 3. The van der Waals surface area contributed by atoms with Crippen LogP contribution in [0, 0.1) is 0 Å². The molecule has 0 radical (unpaired) electrons. The Kier molecular flexibility index (Phi) is 6.22. The molecule has 154 valence electrons. The molecule has 1 aliphatic carbocycles. The van der Waals surface area contributed by atoms with Gasteiger partial charge in [0.1, 0.15) is 5.54 Å². The zero-order valence-corrected chi connectivity index (χ0v) is 18.2. The predicted octanol–water partition coefficient (Wildman–Crippen LogP) is 4.65. The minimum Gasteiger partial charge on any atom is -0.342 e. The Morgan fingerprint density at radius 2 is 1.79 bits per heavy atom. The Labute approximate surface area is 178 Å². The number of benzene rings is 1. The average molecular weight is 424 g/mol. The molecule has 1 amide bonds. The van der Waals surface area contributed by atoms with Crippen molar-refractivity contribution >= 4 is 29.1 Å². The molecule has 0 bridgehead atoms. The van der Waals surface area contributed by atoms with E-state index in [0.717, 1.165) is 48.9 Å². The summed E-state index contributed by atoms with van der Waals surface area (Å²) in [5.41, 5.74) is 0.990. The number of carbonyl (C=O) groups is 1. The fraction of sp³-hybridized carbons (Fsp3) is 0.682. The minimum atomic E-state index is -0.282. The number of piperidine rings is 1. The standard InChI is InChI=1S/C22H31Cl2N3O/c1-2-9-27-15-25-21(28)22(27)7-10-26(11-8-22)20-6-4-3-5-19(20)16-12-17(23)14-18(24)13-16/h12-14,19-20H,2-11,15H2,1H3,(H,25,28)/t19-,20-/m1/s1. The molecule has 28 heavy (non-hydrogen) atoms. The number of nitrogens with one attached hydrogen (secondary N) is 1. The number of rotatable bonds is 4. The van der Waals surface area contributed by atoms with Crippen LogP contribution in [0.15, 0.2) is 18.2 Å². The lowest BCUT2D eigenvalue weighted by atomic mass is 9.77. The Balaban J connectivity index is 1.50. The van der Waals surface area contributed by atoms with Crippen LogP contribution in [0.2, 0.25) is 10.0 Å². The second-order valence-corrected chi connectivity index (χ2v) is 9.53. The van der Waals surface area contributed by atoms with Crippen molar-refractivity contribution in [3.63, 3.8) is 0 Å². The molecule has 2 saturated heterocycles. The maximum absolute atomic E-state index is 12.7. The number of carbonyl (C=O) groups excluding carboxylic acids is 1. The molecule has 1 N–H and O–H groups in total. The summed E-state index contributed by atoms with van der Waals surface area (Å²) in [6.45, 7) is 5.87. The molecule has 1 aromatic carbocycles. The first kappa shape index (κ1) is 20.5. The number of halogens is 2. The number of hydrogen-bond donors (Lipinski definition) is 1. The van der Waals surface area contributed by atoms with Gasteiger partial charge in [0.05, 0.1) is 6.67 Å². The number of amides is 1. The second kappa shape index (κ2) is 8.51. The minimum absolute atomic E-state index is 0.238. The zero-order valence-electron chi connectivity index (χ0n) is 16.7. The van der Waals surface area contributed by atoms with E-state index < -0.39 is 0 Å². The van der Waals surface area contributed by atoms with Crippen LogP contribution < -0.4 is 5.32 Å². The lowest BCUT2D eigenvalue weighted by molar-refractivity contribution is -0.129. The van der Waals surface area contributed by atoms with E-state index in [2.05, 4.69) is 34.2 Å². The van der Waals surface area contributed by atoms with Crippen LogP contribution in [0.3, 0.4) is 0 Å². The summed E-state index contributed by atoms with van der Waals surface area (Å²) in [6, 6.07) is 6.52. The van der Waals surface area contributed by atoms with Gasteiger partial charge in [0.15, 0.2) is 0 Å². The van der Waals surface area contributed by atoms with Gasteiger partial charge in [0, 0.05) is 35.7 Å². The smallest absolute Gasteiger partial charge is 0.241 e. The molecule has 0 aromatic heterocycles. The van der Waals surface area contributed by atoms with E-state index in [1.165, 1.54) is 31.2 Å². The van der Waals surface area contributed by atoms with E-state index in [4.69, 9.17) is 23.2 Å². The molecule has 2 atom stereocenters. The van der Waals surface area contributed by atoms with E-state index in [1.54, 1.807) is 0 Å². The van der Waals surface area contributed by atoms with Crippen molar-refractivity contribution in [1.29, 1.82) is 0 Å². The molecule has 1 aromatic rings. The Morgan fingerprint density at radius 3 is 2.46 bits per heavy atom. The third-order valence-corrected chi connectivity index (χ3v) is 7.53. The van der Waals surface area contributed by atoms with Crippen molar-refractivity contribution in [3.8, 4) is 0 Å². The summed E-state index contributed by atoms with van der Waals surface area (Å²) >= 11 is 12.6. The highest BCUT2D eigenvalue weighted by Crippen LogP contribution is 2.41. The van der Waals surface area contributed by atoms with Crippen LogP contribution in [-0.2, 0) is 4.79 Å². The van der Waals surface area contributed by atoms with Gasteiger partial charge in [-0.05, 0) is 61.8 Å². The van der Waals surface area contributed by atoms with Gasteiger partial charge in [-0.25, -0.2) is 0 Å². The average Bonchev–Trinajstić information content (AvgIpc) is 2.98. The SMILES string of the molecule is CCCN1CNC(=O)C12CCN([C@@H]1CCCC[C@@H]1c1cc(Cl)cc(Cl)c1)CC2. The van der Waals surface area contributed by atoms with E-state index in [-0.39, 0.29) is 11.4 Å². The fourth-order valence-electron chi connectivity index (χ4n) is 5.68. The largest absolute Gasteiger partial charge is 0.342 e. The molecule has 0 unspecified atom stereocenters. The molecule has 4 nitrogen and oxygen atoms in total. The normalized spacial score (nSPS) is 28.6. The van der Waals surface area contributed by atoms with Crippen LogP contribution in [0.4, 0.5) is 0 Å². The van der Waals surface area contributed by atoms with Gasteiger partial charge in [-0.3, -0.25) is 14.6 Å². The van der Waals surface area contributed by atoms with E-state index in [9.17, 15) is 4.79 Å². The van der Waals surface area contributed by atoms with Crippen LogP contribution >= 0.6 is 23.2 Å². The third-order valence-electron chi connectivity index (χ3n) is 7.09. The quantitative estimate of drug-likeness (QED) is 0.764. The zero-order chi connectivity index (χ0) is 19.7. The first-order valence-electron chi connectivity index (χ1n) is 10.8. The van der Waals surface area contributed by atoms with E-state index in [0.29, 0.717) is 18.6 Å². The number of nitrogens with zero attached hydrogens (tertiary/aromatic N) is 2. The Hall–Kier alpha value is -0.810. The summed E-state index contributed by atoms with van der Waals surface area (Å²) in [6.07, 6.45) is 7.88. The van der Waals surface area contributed by atoms with Crippen LogP contribution in [0.5, 0.6) is 0 Å². The summed E-state index contributed by atoms with van der Waals surface area (Å²) in [4.78, 5) is 17.7. The van der Waals surface area contributed by atoms with Gasteiger partial charge < -0.3 is 5.32 Å². The van der Waals surface area contributed by atoms with Crippen molar-refractivity contribution in [3.05, 3.63) is 33.8 Å². The van der Waals surface area contributed by atoms with Gasteiger partial charge in [0.25, 0.3) is 0 Å². The van der Waals surface area contributed by atoms with Crippen LogP contribution in [0.25, 0.3) is 0 Å². The van der Waals surface area contributed by atoms with Gasteiger partial charge in [-0.15, -0.1) is 0 Å². The molecule has 2 heterocycles. The predicted molar refractivity (Wildman–Crippen MR) is 115 cm³/mol. The molecular formula is C22H31Cl2N3O. The summed E-state index contributed by atoms with van der Waals surface area (Å²) in [5.74, 6) is 0.713. The molecule has 6 heteroatoms. The van der Waals surface area contributed by atoms with Gasteiger partial charge in [-0.1, -0.05) is 43.0 Å². The Morgan fingerprint density at radius 1 is 1.11 bits per heavy atom. The lowest BCUT2D eigenvalue weighted by Crippen LogP contribution is -2.58. The molecule has 1 saturated carbocycles. The summed E-state index contributed by atoms with van der Waals surface area (Å²) in [7, 11) is 0. The summed E-state index contributed by atoms with van der Waals surface area (Å²) < 4.78 is 0. The molecule has 3 aliphatic rings. The highest BCUT2D eigenvalue weighted by Gasteiger charge is 2.50. The fourth-order valence-corrected chi connectivity index (χ4v) is 6.23. The van der Waals surface area contributed by atoms with Gasteiger partial charge in [0.2, 0.25) is 5.91 Å². The highest BCUT2D eigenvalue weighted by atomic mass is 35.5. The van der Waals surface area contributed by atoms with Crippen molar-refractivity contribution in [2.45, 2.75) is 69.4 Å². The molecule has 3 fully saturated rings. The van der Waals surface area contributed by atoms with Crippen molar-refractivity contribution in [2.24, 2.45) is 0 Å². The molecule has 2 aliphatic heterocycles.